The summed E-state index contributed by atoms with van der Waals surface area (Å²) in [4.78, 5) is 4.38. The maximum absolute atomic E-state index is 5.87. The maximum atomic E-state index is 5.87. The predicted molar refractivity (Wildman–Crippen MR) is 65.0 cm³/mol. The molecular weight excluding hydrogens is 234 g/mol. The van der Waals surface area contributed by atoms with Gasteiger partial charge >= 0.3 is 0 Å². The van der Waals surface area contributed by atoms with Crippen LogP contribution in [0.4, 0.5) is 0 Å². The Morgan fingerprint density at radius 1 is 1.33 bits per heavy atom. The van der Waals surface area contributed by atoms with Crippen molar-refractivity contribution in [3.05, 3.63) is 11.7 Å². The lowest BCUT2D eigenvalue weighted by Gasteiger charge is -2.13. The van der Waals surface area contributed by atoms with Crippen LogP contribution in [0.5, 0.6) is 0 Å². The molecule has 0 aliphatic carbocycles. The van der Waals surface area contributed by atoms with Gasteiger partial charge in [0.25, 0.3) is 0 Å². The SMILES string of the molecule is COCC(N)c1noc(C2C(C)OC(C)C2C)n1. The van der Waals surface area contributed by atoms with Gasteiger partial charge in [-0.05, 0) is 19.8 Å². The van der Waals surface area contributed by atoms with Crippen LogP contribution in [0.1, 0.15) is 44.4 Å². The lowest BCUT2D eigenvalue weighted by molar-refractivity contribution is 0.0542. The van der Waals surface area contributed by atoms with Crippen molar-refractivity contribution in [1.29, 1.82) is 0 Å². The van der Waals surface area contributed by atoms with Crippen LogP contribution in [0.15, 0.2) is 4.52 Å². The number of rotatable bonds is 4. The summed E-state index contributed by atoms with van der Waals surface area (Å²) in [7, 11) is 1.59. The van der Waals surface area contributed by atoms with E-state index in [-0.39, 0.29) is 24.2 Å². The van der Waals surface area contributed by atoms with E-state index in [1.165, 1.54) is 0 Å². The van der Waals surface area contributed by atoms with Crippen LogP contribution in [0, 0.1) is 5.92 Å². The van der Waals surface area contributed by atoms with E-state index in [2.05, 4.69) is 24.0 Å². The molecule has 1 aromatic rings. The second-order valence-corrected chi connectivity index (χ2v) is 4.98. The van der Waals surface area contributed by atoms with Gasteiger partial charge in [0.1, 0.15) is 0 Å². The zero-order valence-electron chi connectivity index (χ0n) is 11.3. The molecule has 102 valence electrons. The van der Waals surface area contributed by atoms with Gasteiger partial charge in [0.2, 0.25) is 5.89 Å². The third kappa shape index (κ3) is 2.41. The zero-order chi connectivity index (χ0) is 13.3. The molecule has 1 aromatic heterocycles. The highest BCUT2D eigenvalue weighted by Gasteiger charge is 2.41. The van der Waals surface area contributed by atoms with E-state index in [1.54, 1.807) is 7.11 Å². The van der Waals surface area contributed by atoms with E-state index >= 15 is 0 Å². The molecule has 0 radical (unpaired) electrons. The van der Waals surface area contributed by atoms with E-state index in [0.717, 1.165) is 0 Å². The van der Waals surface area contributed by atoms with Gasteiger partial charge in [-0.3, -0.25) is 0 Å². The molecule has 6 nitrogen and oxygen atoms in total. The lowest BCUT2D eigenvalue weighted by atomic mass is 9.89. The average Bonchev–Trinajstić information content (AvgIpc) is 2.86. The first-order chi connectivity index (χ1) is 8.54. The fourth-order valence-corrected chi connectivity index (χ4v) is 2.48. The summed E-state index contributed by atoms with van der Waals surface area (Å²) in [5, 5.41) is 3.93. The van der Waals surface area contributed by atoms with E-state index in [9.17, 15) is 0 Å². The largest absolute Gasteiger partial charge is 0.383 e. The fourth-order valence-electron chi connectivity index (χ4n) is 2.48. The van der Waals surface area contributed by atoms with Gasteiger partial charge in [-0.25, -0.2) is 0 Å². The Bertz CT molecular complexity index is 396. The topological polar surface area (TPSA) is 83.4 Å². The van der Waals surface area contributed by atoms with Crippen molar-refractivity contribution >= 4 is 0 Å². The van der Waals surface area contributed by atoms with Crippen LogP contribution in [0.3, 0.4) is 0 Å². The number of nitrogens with two attached hydrogens (primary N) is 1. The van der Waals surface area contributed by atoms with Crippen molar-refractivity contribution in [2.45, 2.75) is 44.9 Å². The Hall–Kier alpha value is -0.980. The minimum atomic E-state index is -0.349. The van der Waals surface area contributed by atoms with E-state index in [4.69, 9.17) is 19.7 Å². The second-order valence-electron chi connectivity index (χ2n) is 4.98. The summed E-state index contributed by atoms with van der Waals surface area (Å²) in [6, 6.07) is -0.349. The van der Waals surface area contributed by atoms with Gasteiger partial charge in [-0.15, -0.1) is 0 Å². The Morgan fingerprint density at radius 3 is 2.61 bits per heavy atom. The number of hydrogen-bond acceptors (Lipinski definition) is 6. The predicted octanol–water partition coefficient (Wildman–Crippen LogP) is 1.24. The molecule has 2 N–H and O–H groups in total. The van der Waals surface area contributed by atoms with Gasteiger partial charge in [0.15, 0.2) is 5.82 Å². The normalized spacial score (nSPS) is 33.8. The monoisotopic (exact) mass is 255 g/mol. The minimum Gasteiger partial charge on any atom is -0.383 e. The highest BCUT2D eigenvalue weighted by molar-refractivity contribution is 5.05. The Balaban J connectivity index is 2.14. The molecular formula is C12H21N3O3. The Morgan fingerprint density at radius 2 is 2.06 bits per heavy atom. The summed E-state index contributed by atoms with van der Waals surface area (Å²) >= 11 is 0. The lowest BCUT2D eigenvalue weighted by Crippen LogP contribution is -2.19. The molecule has 2 rings (SSSR count). The highest BCUT2D eigenvalue weighted by atomic mass is 16.5. The van der Waals surface area contributed by atoms with Crippen LogP contribution >= 0.6 is 0 Å². The molecule has 1 fully saturated rings. The van der Waals surface area contributed by atoms with Gasteiger partial charge in [-0.2, -0.15) is 4.98 Å². The van der Waals surface area contributed by atoms with Crippen LogP contribution in [0.25, 0.3) is 0 Å². The van der Waals surface area contributed by atoms with Crippen molar-refractivity contribution in [2.75, 3.05) is 13.7 Å². The summed E-state index contributed by atoms with van der Waals surface area (Å²) in [5.74, 6) is 1.59. The summed E-state index contributed by atoms with van der Waals surface area (Å²) in [6.45, 7) is 6.61. The Kier molecular flexibility index (Phi) is 3.99. The number of hydrogen-bond donors (Lipinski definition) is 1. The van der Waals surface area contributed by atoms with E-state index in [0.29, 0.717) is 24.2 Å². The van der Waals surface area contributed by atoms with Gasteiger partial charge in [-0.1, -0.05) is 12.1 Å². The zero-order valence-corrected chi connectivity index (χ0v) is 11.3. The molecule has 1 aliphatic heterocycles. The first-order valence-corrected chi connectivity index (χ1v) is 6.28. The molecule has 1 saturated heterocycles. The standard InChI is InChI=1S/C12H21N3O3/c1-6-7(2)17-8(3)10(6)12-14-11(15-18-12)9(13)5-16-4/h6-10H,5,13H2,1-4H3. The first-order valence-electron chi connectivity index (χ1n) is 6.28. The molecule has 2 heterocycles. The molecule has 0 spiro atoms. The molecule has 6 heteroatoms. The molecule has 0 amide bonds. The third-order valence-corrected chi connectivity index (χ3v) is 3.66. The van der Waals surface area contributed by atoms with Crippen molar-refractivity contribution in [3.8, 4) is 0 Å². The highest BCUT2D eigenvalue weighted by Crippen LogP contribution is 2.39. The average molecular weight is 255 g/mol. The van der Waals surface area contributed by atoms with Crippen molar-refractivity contribution in [2.24, 2.45) is 11.7 Å². The number of ether oxygens (including phenoxy) is 2. The minimum absolute atomic E-state index is 0.0851. The fraction of sp³-hybridized carbons (Fsp3) is 0.833. The molecule has 18 heavy (non-hydrogen) atoms. The molecule has 0 aromatic carbocycles. The first kappa shape index (κ1) is 13.5. The smallest absolute Gasteiger partial charge is 0.232 e. The van der Waals surface area contributed by atoms with Crippen molar-refractivity contribution in [1.82, 2.24) is 10.1 Å². The van der Waals surface area contributed by atoms with Crippen LogP contribution in [0.2, 0.25) is 0 Å². The van der Waals surface area contributed by atoms with E-state index in [1.807, 2.05) is 6.92 Å². The number of methoxy groups -OCH3 is 1. The molecule has 0 bridgehead atoms. The number of nitrogens with zero attached hydrogens (tertiary/aromatic N) is 2. The summed E-state index contributed by atoms with van der Waals surface area (Å²) < 4.78 is 16.1. The summed E-state index contributed by atoms with van der Waals surface area (Å²) in [6.07, 6.45) is 0.287. The summed E-state index contributed by atoms with van der Waals surface area (Å²) in [5.41, 5.74) is 5.87. The molecule has 1 aliphatic rings. The third-order valence-electron chi connectivity index (χ3n) is 3.66. The quantitative estimate of drug-likeness (QED) is 0.871. The molecule has 5 atom stereocenters. The van der Waals surface area contributed by atoms with Gasteiger partial charge in [0, 0.05) is 7.11 Å². The maximum Gasteiger partial charge on any atom is 0.232 e. The van der Waals surface area contributed by atoms with Gasteiger partial charge < -0.3 is 19.7 Å². The van der Waals surface area contributed by atoms with Crippen LogP contribution < -0.4 is 5.73 Å². The van der Waals surface area contributed by atoms with E-state index < -0.39 is 0 Å². The van der Waals surface area contributed by atoms with Crippen molar-refractivity contribution < 1.29 is 14.0 Å². The Labute approximate surface area is 107 Å². The van der Waals surface area contributed by atoms with Gasteiger partial charge in [0.05, 0.1) is 30.8 Å². The van der Waals surface area contributed by atoms with Crippen molar-refractivity contribution in [3.63, 3.8) is 0 Å². The van der Waals surface area contributed by atoms with Crippen LogP contribution in [-0.4, -0.2) is 36.1 Å². The molecule has 5 unspecified atom stereocenters. The second kappa shape index (κ2) is 5.34. The number of aromatic nitrogens is 2. The molecule has 0 saturated carbocycles. The van der Waals surface area contributed by atoms with Crippen LogP contribution in [-0.2, 0) is 9.47 Å².